The molecular weight excluding hydrogens is 376 g/mol. The number of benzene rings is 2. The summed E-state index contributed by atoms with van der Waals surface area (Å²) in [5, 5.41) is 2.80. The number of aromatic nitrogens is 2. The second-order valence-electron chi connectivity index (χ2n) is 9.05. The van der Waals surface area contributed by atoms with Crippen molar-refractivity contribution in [1.82, 2.24) is 9.97 Å². The number of unbranched alkanes of at least 4 members (excludes halogenated alkanes) is 6. The Bertz CT molecular complexity index is 1010. The molecule has 2 N–H and O–H groups in total. The van der Waals surface area contributed by atoms with Gasteiger partial charge in [0.2, 0.25) is 0 Å². The van der Waals surface area contributed by atoms with Gasteiger partial charge in [-0.2, -0.15) is 0 Å². The fourth-order valence-electron chi connectivity index (χ4n) is 4.98. The number of para-hydroxylation sites is 2. The first-order valence-electron chi connectivity index (χ1n) is 12.5. The second-order valence-corrected chi connectivity index (χ2v) is 9.05. The standard InChI is InChI=1S/C29H38N2/c1-3-5-7-9-17-28-24(22-15-11-13-19-26(22)30-28)21-25-23-16-12-14-20-27(23)31-29(25)18-10-8-6-4-2/h11-16,19-20,30-31H,3-10,17-18,21H2,1-2H3. The number of hydrogen-bond donors (Lipinski definition) is 2. The molecule has 0 radical (unpaired) electrons. The first-order chi connectivity index (χ1) is 15.3. The maximum atomic E-state index is 3.77. The van der Waals surface area contributed by atoms with Crippen molar-refractivity contribution in [2.45, 2.75) is 84.5 Å². The quantitative estimate of drug-likeness (QED) is 0.218. The first-order valence-corrected chi connectivity index (χ1v) is 12.5. The highest BCUT2D eigenvalue weighted by atomic mass is 14.7. The topological polar surface area (TPSA) is 31.6 Å². The van der Waals surface area contributed by atoms with E-state index in [1.165, 1.54) is 95.7 Å². The summed E-state index contributed by atoms with van der Waals surface area (Å²) in [6.45, 7) is 4.57. The molecule has 0 aliphatic rings. The normalized spacial score (nSPS) is 11.7. The third-order valence-corrected chi connectivity index (χ3v) is 6.72. The molecule has 0 bridgehead atoms. The molecule has 31 heavy (non-hydrogen) atoms. The van der Waals surface area contributed by atoms with Crippen LogP contribution in [0.3, 0.4) is 0 Å². The van der Waals surface area contributed by atoms with Gasteiger partial charge in [0.15, 0.2) is 0 Å². The Balaban J connectivity index is 1.67. The fraction of sp³-hybridized carbons (Fsp3) is 0.448. The summed E-state index contributed by atoms with van der Waals surface area (Å²) in [7, 11) is 0. The summed E-state index contributed by atoms with van der Waals surface area (Å²) in [6, 6.07) is 17.7. The number of aromatic amines is 2. The fourth-order valence-corrected chi connectivity index (χ4v) is 4.98. The average Bonchev–Trinajstić information content (AvgIpc) is 3.33. The Labute approximate surface area is 187 Å². The second kappa shape index (κ2) is 10.7. The van der Waals surface area contributed by atoms with Crippen LogP contribution in [0.1, 0.15) is 87.7 Å². The summed E-state index contributed by atoms with van der Waals surface area (Å²) >= 11 is 0. The summed E-state index contributed by atoms with van der Waals surface area (Å²) < 4.78 is 0. The first kappa shape index (κ1) is 21.7. The minimum atomic E-state index is 1.01. The van der Waals surface area contributed by atoms with Crippen LogP contribution >= 0.6 is 0 Å². The van der Waals surface area contributed by atoms with Crippen LogP contribution in [0, 0.1) is 0 Å². The Morgan fingerprint density at radius 2 is 1.00 bits per heavy atom. The zero-order valence-electron chi connectivity index (χ0n) is 19.4. The molecule has 2 heterocycles. The van der Waals surface area contributed by atoms with E-state index < -0.39 is 0 Å². The molecule has 0 spiro atoms. The van der Waals surface area contributed by atoms with Crippen molar-refractivity contribution in [2.75, 3.05) is 0 Å². The van der Waals surface area contributed by atoms with Gasteiger partial charge in [-0.1, -0.05) is 88.8 Å². The minimum Gasteiger partial charge on any atom is -0.358 e. The van der Waals surface area contributed by atoms with E-state index in [9.17, 15) is 0 Å². The van der Waals surface area contributed by atoms with E-state index in [-0.39, 0.29) is 0 Å². The van der Waals surface area contributed by atoms with Gasteiger partial charge in [-0.25, -0.2) is 0 Å². The summed E-state index contributed by atoms with van der Waals surface area (Å²) in [5.74, 6) is 0. The van der Waals surface area contributed by atoms with Crippen LogP contribution in [0.4, 0.5) is 0 Å². The van der Waals surface area contributed by atoms with Crippen LogP contribution < -0.4 is 0 Å². The monoisotopic (exact) mass is 414 g/mol. The van der Waals surface area contributed by atoms with Gasteiger partial charge in [0.05, 0.1) is 0 Å². The van der Waals surface area contributed by atoms with Gasteiger partial charge in [0.25, 0.3) is 0 Å². The molecule has 0 aliphatic carbocycles. The average molecular weight is 415 g/mol. The maximum absolute atomic E-state index is 3.77. The largest absolute Gasteiger partial charge is 0.358 e. The molecule has 164 valence electrons. The van der Waals surface area contributed by atoms with Crippen LogP contribution in [0.5, 0.6) is 0 Å². The van der Waals surface area contributed by atoms with Gasteiger partial charge in [-0.3, -0.25) is 0 Å². The number of fused-ring (bicyclic) bond motifs is 2. The van der Waals surface area contributed by atoms with E-state index in [2.05, 4.69) is 72.3 Å². The van der Waals surface area contributed by atoms with E-state index in [0.717, 1.165) is 19.3 Å². The SMILES string of the molecule is CCCCCCc1[nH]c2ccccc2c1Cc1c(CCCCCC)[nH]c2ccccc12. The molecule has 0 fully saturated rings. The lowest BCUT2D eigenvalue weighted by Gasteiger charge is -2.08. The number of H-pyrrole nitrogens is 2. The number of nitrogens with one attached hydrogen (secondary N) is 2. The van der Waals surface area contributed by atoms with E-state index in [4.69, 9.17) is 0 Å². The summed E-state index contributed by atoms with van der Waals surface area (Å²) in [5.41, 5.74) is 8.47. The number of aryl methyl sites for hydroxylation is 2. The highest BCUT2D eigenvalue weighted by Gasteiger charge is 2.17. The van der Waals surface area contributed by atoms with Crippen LogP contribution in [-0.4, -0.2) is 9.97 Å². The number of rotatable bonds is 12. The Morgan fingerprint density at radius 1 is 0.548 bits per heavy atom. The van der Waals surface area contributed by atoms with Crippen molar-refractivity contribution in [3.8, 4) is 0 Å². The molecule has 0 aliphatic heterocycles. The summed E-state index contributed by atoms with van der Waals surface area (Å²) in [6.07, 6.45) is 13.7. The van der Waals surface area contributed by atoms with Crippen LogP contribution in [0.2, 0.25) is 0 Å². The summed E-state index contributed by atoms with van der Waals surface area (Å²) in [4.78, 5) is 7.54. The van der Waals surface area contributed by atoms with E-state index >= 15 is 0 Å². The molecule has 0 saturated carbocycles. The third-order valence-electron chi connectivity index (χ3n) is 6.72. The predicted molar refractivity (Wildman–Crippen MR) is 135 cm³/mol. The van der Waals surface area contributed by atoms with Crippen molar-refractivity contribution < 1.29 is 0 Å². The number of hydrogen-bond acceptors (Lipinski definition) is 0. The van der Waals surface area contributed by atoms with Gasteiger partial charge in [0.1, 0.15) is 0 Å². The Hall–Kier alpha value is -2.48. The third kappa shape index (κ3) is 5.06. The Morgan fingerprint density at radius 3 is 1.45 bits per heavy atom. The van der Waals surface area contributed by atoms with Crippen molar-refractivity contribution in [3.63, 3.8) is 0 Å². The minimum absolute atomic E-state index is 1.01. The lowest BCUT2D eigenvalue weighted by Crippen LogP contribution is -1.98. The molecule has 0 atom stereocenters. The Kier molecular flexibility index (Phi) is 7.51. The van der Waals surface area contributed by atoms with Crippen LogP contribution in [-0.2, 0) is 19.3 Å². The van der Waals surface area contributed by atoms with Gasteiger partial charge < -0.3 is 9.97 Å². The molecule has 4 aromatic rings. The smallest absolute Gasteiger partial charge is 0.0459 e. The van der Waals surface area contributed by atoms with Gasteiger partial charge in [-0.15, -0.1) is 0 Å². The van der Waals surface area contributed by atoms with Crippen molar-refractivity contribution in [3.05, 3.63) is 71.0 Å². The molecule has 4 rings (SSSR count). The van der Waals surface area contributed by atoms with E-state index in [0.29, 0.717) is 0 Å². The molecule has 0 unspecified atom stereocenters. The van der Waals surface area contributed by atoms with Gasteiger partial charge >= 0.3 is 0 Å². The lowest BCUT2D eigenvalue weighted by molar-refractivity contribution is 0.658. The highest BCUT2D eigenvalue weighted by molar-refractivity contribution is 5.88. The van der Waals surface area contributed by atoms with Crippen molar-refractivity contribution in [1.29, 1.82) is 0 Å². The van der Waals surface area contributed by atoms with Crippen molar-refractivity contribution in [2.24, 2.45) is 0 Å². The molecule has 2 aromatic carbocycles. The van der Waals surface area contributed by atoms with Gasteiger partial charge in [-0.05, 0) is 48.9 Å². The van der Waals surface area contributed by atoms with E-state index in [1.54, 1.807) is 0 Å². The van der Waals surface area contributed by atoms with E-state index in [1.807, 2.05) is 0 Å². The molecule has 2 nitrogen and oxygen atoms in total. The molecular formula is C29H38N2. The molecule has 0 saturated heterocycles. The highest BCUT2D eigenvalue weighted by Crippen LogP contribution is 2.31. The molecule has 0 amide bonds. The zero-order valence-corrected chi connectivity index (χ0v) is 19.4. The lowest BCUT2D eigenvalue weighted by atomic mass is 9.96. The van der Waals surface area contributed by atoms with Crippen molar-refractivity contribution >= 4 is 21.8 Å². The predicted octanol–water partition coefficient (Wildman–Crippen LogP) is 8.49. The van der Waals surface area contributed by atoms with Crippen LogP contribution in [0.15, 0.2) is 48.5 Å². The maximum Gasteiger partial charge on any atom is 0.0459 e. The molecule has 2 aromatic heterocycles. The van der Waals surface area contributed by atoms with Crippen LogP contribution in [0.25, 0.3) is 21.8 Å². The molecule has 2 heteroatoms. The zero-order chi connectivity index (χ0) is 21.5. The van der Waals surface area contributed by atoms with Gasteiger partial charge in [0, 0.05) is 39.6 Å².